The van der Waals surface area contributed by atoms with E-state index in [0.717, 1.165) is 0 Å². The number of benzene rings is 2. The van der Waals surface area contributed by atoms with E-state index in [1.165, 1.54) is 26.4 Å². The Morgan fingerprint density at radius 3 is 1.85 bits per heavy atom. The smallest absolute Gasteiger partial charge is 0.339 e. The number of hydrazine groups is 1. The number of methoxy groups -OCH3 is 2. The molecule has 0 atom stereocenters. The van der Waals surface area contributed by atoms with Crippen molar-refractivity contribution in [3.63, 3.8) is 0 Å². The molecule has 5 N–H and O–H groups in total. The maximum absolute atomic E-state index is 11.1. The third-order valence-corrected chi connectivity index (χ3v) is 3.59. The molecule has 0 radical (unpaired) electrons. The van der Waals surface area contributed by atoms with E-state index in [0.29, 0.717) is 32.5 Å². The minimum absolute atomic E-state index is 0. The largest absolute Gasteiger partial charge is 0.465 e. The molecule has 0 unspecified atom stereocenters. The minimum Gasteiger partial charge on any atom is -0.465 e. The van der Waals surface area contributed by atoms with Gasteiger partial charge >= 0.3 is 11.9 Å². The monoisotopic (exact) mass is 421 g/mol. The second-order valence-electron chi connectivity index (χ2n) is 4.56. The average Bonchev–Trinajstić information content (AvgIpc) is 2.63. The molecule has 0 aromatic heterocycles. The fraction of sp³-hybridized carbons (Fsp3) is 0.125. The van der Waals surface area contributed by atoms with Gasteiger partial charge in [-0.25, -0.2) is 9.59 Å². The third-order valence-electron chi connectivity index (χ3n) is 2.93. The van der Waals surface area contributed by atoms with Crippen LogP contribution < -0.4 is 17.0 Å². The number of nitrogens with two attached hydrogens (primary N) is 2. The van der Waals surface area contributed by atoms with Gasteiger partial charge in [0.2, 0.25) is 0 Å². The van der Waals surface area contributed by atoms with E-state index in [1.54, 1.807) is 24.3 Å². The fourth-order valence-corrected chi connectivity index (χ4v) is 2.08. The van der Waals surface area contributed by atoms with Crippen molar-refractivity contribution in [2.24, 2.45) is 5.84 Å². The Morgan fingerprint density at radius 2 is 1.38 bits per heavy atom. The molecule has 26 heavy (non-hydrogen) atoms. The second kappa shape index (κ2) is 11.4. The highest BCUT2D eigenvalue weighted by Crippen LogP contribution is 2.21. The van der Waals surface area contributed by atoms with Gasteiger partial charge in [0.15, 0.2) is 0 Å². The van der Waals surface area contributed by atoms with E-state index in [9.17, 15) is 9.59 Å². The van der Waals surface area contributed by atoms with Crippen LogP contribution in [-0.2, 0) is 9.47 Å². The van der Waals surface area contributed by atoms with Gasteiger partial charge in [-0.3, -0.25) is 5.84 Å². The summed E-state index contributed by atoms with van der Waals surface area (Å²) in [6, 6.07) is 9.41. The molecule has 0 aliphatic carbocycles. The molecule has 2 aromatic carbocycles. The zero-order chi connectivity index (χ0) is 19.0. The number of rotatable bonds is 3. The van der Waals surface area contributed by atoms with Gasteiger partial charge < -0.3 is 20.6 Å². The Morgan fingerprint density at radius 1 is 0.923 bits per heavy atom. The molecule has 0 saturated carbocycles. The summed E-state index contributed by atoms with van der Waals surface area (Å²) in [4.78, 5) is 22.2. The summed E-state index contributed by atoms with van der Waals surface area (Å²) >= 11 is 11.5. The number of halogens is 3. The zero-order valence-electron chi connectivity index (χ0n) is 13.9. The Hall–Kier alpha value is -2.19. The van der Waals surface area contributed by atoms with Gasteiger partial charge in [0.25, 0.3) is 0 Å². The van der Waals surface area contributed by atoms with Gasteiger partial charge in [-0.2, -0.15) is 0 Å². The van der Waals surface area contributed by atoms with Gasteiger partial charge in [0.1, 0.15) is 0 Å². The predicted molar refractivity (Wildman–Crippen MR) is 105 cm³/mol. The van der Waals surface area contributed by atoms with Crippen molar-refractivity contribution in [2.75, 3.05) is 25.4 Å². The summed E-state index contributed by atoms with van der Waals surface area (Å²) in [5.41, 5.74) is 9.53. The number of hydrogen-bond donors (Lipinski definition) is 3. The quantitative estimate of drug-likeness (QED) is 0.300. The third kappa shape index (κ3) is 6.61. The number of carbonyl (C=O) groups is 2. The highest BCUT2D eigenvalue weighted by Gasteiger charge is 2.11. The van der Waals surface area contributed by atoms with Crippen LogP contribution in [0.1, 0.15) is 20.7 Å². The highest BCUT2D eigenvalue weighted by molar-refractivity contribution is 6.34. The van der Waals surface area contributed by atoms with Gasteiger partial charge in [-0.05, 0) is 36.4 Å². The Balaban J connectivity index is 0.000000464. The summed E-state index contributed by atoms with van der Waals surface area (Å²) in [5, 5.41) is 0.682. The fourth-order valence-electron chi connectivity index (χ4n) is 1.69. The first kappa shape index (κ1) is 23.8. The first-order chi connectivity index (χ1) is 11.8. The molecule has 2 aromatic rings. The van der Waals surface area contributed by atoms with E-state index < -0.39 is 11.9 Å². The van der Waals surface area contributed by atoms with Crippen molar-refractivity contribution in [3.8, 4) is 0 Å². The molecule has 0 aliphatic heterocycles. The van der Waals surface area contributed by atoms with Crippen LogP contribution in [0.5, 0.6) is 0 Å². The number of carbonyl (C=O) groups excluding carboxylic acids is 2. The summed E-state index contributed by atoms with van der Waals surface area (Å²) < 4.78 is 9.02. The lowest BCUT2D eigenvalue weighted by molar-refractivity contribution is 0.0592. The predicted octanol–water partition coefficient (Wildman–Crippen LogP) is 3.54. The van der Waals surface area contributed by atoms with Gasteiger partial charge in [0.05, 0.1) is 35.4 Å². The van der Waals surface area contributed by atoms with Crippen LogP contribution in [0.2, 0.25) is 10.0 Å². The summed E-state index contributed by atoms with van der Waals surface area (Å²) in [7, 11) is 2.59. The number of esters is 2. The topological polar surface area (TPSA) is 117 Å². The lowest BCUT2D eigenvalue weighted by Crippen LogP contribution is -2.09. The van der Waals surface area contributed by atoms with Gasteiger partial charge in [-0.1, -0.05) is 23.2 Å². The standard InChI is InChI=1S/C8H9ClN2O2.C8H8ClNO2.ClH/c1-13-8(12)6-4-5(11-10)2-3-7(6)9;1-12-8(11)6-4-5(10)2-3-7(6)9;/h2-4,11H,10H2,1H3;2-4H,10H2,1H3;1H. The lowest BCUT2D eigenvalue weighted by Gasteiger charge is -2.04. The molecule has 0 saturated heterocycles. The first-order valence-corrected chi connectivity index (χ1v) is 7.57. The van der Waals surface area contributed by atoms with Crippen molar-refractivity contribution in [2.45, 2.75) is 0 Å². The summed E-state index contributed by atoms with van der Waals surface area (Å²) in [6.45, 7) is 0. The van der Waals surface area contributed by atoms with Gasteiger partial charge in [0, 0.05) is 11.4 Å². The summed E-state index contributed by atoms with van der Waals surface area (Å²) in [6.07, 6.45) is 0. The Bertz CT molecular complexity index is 772. The van der Waals surface area contributed by atoms with E-state index >= 15 is 0 Å². The molecule has 142 valence electrons. The van der Waals surface area contributed by atoms with Crippen LogP contribution in [0, 0.1) is 0 Å². The molecule has 0 spiro atoms. The molecule has 0 heterocycles. The molecular weight excluding hydrogens is 405 g/mol. The average molecular weight is 423 g/mol. The van der Waals surface area contributed by atoms with Gasteiger partial charge in [-0.15, -0.1) is 12.4 Å². The first-order valence-electron chi connectivity index (χ1n) is 6.81. The van der Waals surface area contributed by atoms with Crippen LogP contribution in [-0.4, -0.2) is 26.2 Å². The molecule has 2 rings (SSSR count). The Kier molecular flexibility index (Phi) is 10.5. The SMILES string of the molecule is COC(=O)c1cc(N)ccc1Cl.COC(=O)c1cc(NN)ccc1Cl.Cl. The summed E-state index contributed by atoms with van der Waals surface area (Å²) in [5.74, 6) is 4.20. The molecule has 0 aliphatic rings. The van der Waals surface area contributed by atoms with E-state index in [2.05, 4.69) is 14.9 Å². The van der Waals surface area contributed by atoms with Crippen molar-refractivity contribution in [3.05, 3.63) is 57.6 Å². The van der Waals surface area contributed by atoms with Crippen molar-refractivity contribution in [1.29, 1.82) is 0 Å². The van der Waals surface area contributed by atoms with Crippen molar-refractivity contribution >= 4 is 58.9 Å². The van der Waals surface area contributed by atoms with Crippen molar-refractivity contribution < 1.29 is 19.1 Å². The number of anilines is 2. The van der Waals surface area contributed by atoms with Crippen LogP contribution in [0.4, 0.5) is 11.4 Å². The normalized spacial score (nSPS) is 9.12. The highest BCUT2D eigenvalue weighted by atomic mass is 35.5. The number of ether oxygens (including phenoxy) is 2. The van der Waals surface area contributed by atoms with Crippen LogP contribution in [0.25, 0.3) is 0 Å². The molecule has 0 fully saturated rings. The molecule has 0 bridgehead atoms. The maximum Gasteiger partial charge on any atom is 0.339 e. The lowest BCUT2D eigenvalue weighted by atomic mass is 10.2. The van der Waals surface area contributed by atoms with Crippen LogP contribution in [0.3, 0.4) is 0 Å². The van der Waals surface area contributed by atoms with Crippen LogP contribution in [0.15, 0.2) is 36.4 Å². The number of nitrogens with one attached hydrogen (secondary N) is 1. The Labute approximate surface area is 166 Å². The van der Waals surface area contributed by atoms with E-state index in [-0.39, 0.29) is 12.4 Å². The zero-order valence-corrected chi connectivity index (χ0v) is 16.2. The number of nitrogen functional groups attached to an aromatic ring is 2. The number of hydrogen-bond acceptors (Lipinski definition) is 7. The van der Waals surface area contributed by atoms with E-state index in [1.807, 2.05) is 0 Å². The minimum atomic E-state index is -0.484. The van der Waals surface area contributed by atoms with Crippen molar-refractivity contribution in [1.82, 2.24) is 0 Å². The maximum atomic E-state index is 11.1. The molecular formula is C16H18Cl3N3O4. The molecule has 10 heteroatoms. The van der Waals surface area contributed by atoms with E-state index in [4.69, 9.17) is 34.8 Å². The molecule has 7 nitrogen and oxygen atoms in total. The molecule has 0 amide bonds. The second-order valence-corrected chi connectivity index (χ2v) is 5.38. The van der Waals surface area contributed by atoms with Crippen LogP contribution >= 0.6 is 35.6 Å².